The molecule has 32 heavy (non-hydrogen) atoms. The molecule has 0 aliphatic carbocycles. The molecule has 0 bridgehead atoms. The summed E-state index contributed by atoms with van der Waals surface area (Å²) in [6.45, 7) is 11.0. The van der Waals surface area contributed by atoms with Gasteiger partial charge >= 0.3 is 0 Å². The maximum Gasteiger partial charge on any atom is 0.298 e. The zero-order chi connectivity index (χ0) is 22.8. The van der Waals surface area contributed by atoms with Gasteiger partial charge in [0.05, 0.1) is 28.3 Å². The summed E-state index contributed by atoms with van der Waals surface area (Å²) in [6.07, 6.45) is 1.26. The fraction of sp³-hybridized carbons (Fsp3) is 0.417. The molecule has 1 saturated heterocycles. The van der Waals surface area contributed by atoms with Crippen molar-refractivity contribution in [2.24, 2.45) is 11.8 Å². The van der Waals surface area contributed by atoms with E-state index in [-0.39, 0.29) is 0 Å². The molecule has 4 rings (SSSR count). The number of carbonyl (C=O) groups is 2. The number of aryl methyl sites for hydroxylation is 1. The van der Waals surface area contributed by atoms with Gasteiger partial charge in [-0.05, 0) is 44.2 Å². The second-order valence-electron chi connectivity index (χ2n) is 8.86. The maximum absolute atomic E-state index is 12.9. The number of Topliss-reactive ketones (excluding diaryl/α,β-unsaturated/α-hetero) is 1. The van der Waals surface area contributed by atoms with Crippen LogP contribution in [0.1, 0.15) is 47.7 Å². The molecule has 8 heteroatoms. The second-order valence-corrected chi connectivity index (χ2v) is 9.72. The lowest BCUT2D eigenvalue weighted by Gasteiger charge is -2.34. The third-order valence-electron chi connectivity index (χ3n) is 5.83. The van der Waals surface area contributed by atoms with Crippen LogP contribution in [0.25, 0.3) is 5.69 Å². The van der Waals surface area contributed by atoms with E-state index < -0.39 is 11.7 Å². The largest absolute Gasteiger partial charge is 0.298 e. The molecule has 7 nitrogen and oxygen atoms in total. The van der Waals surface area contributed by atoms with Gasteiger partial charge in [-0.25, -0.2) is 9.67 Å². The highest BCUT2D eigenvalue weighted by Gasteiger charge is 2.26. The molecule has 0 saturated carbocycles. The molecule has 2 aromatic heterocycles. The SMILES string of the molecule is Cc1nn(-c2ccccc2)c(C)c1C(=O)C(=O)Nc1nc(CN2CC(C)CC(C)C2)cs1. The number of hydrogen-bond donors (Lipinski definition) is 1. The van der Waals surface area contributed by atoms with Crippen molar-refractivity contribution in [3.63, 3.8) is 0 Å². The van der Waals surface area contributed by atoms with Crippen LogP contribution >= 0.6 is 11.3 Å². The minimum Gasteiger partial charge on any atom is -0.297 e. The second kappa shape index (κ2) is 9.34. The normalized spacial score (nSPS) is 19.1. The fourth-order valence-corrected chi connectivity index (χ4v) is 5.34. The van der Waals surface area contributed by atoms with Crippen LogP contribution in [0, 0.1) is 25.7 Å². The Balaban J connectivity index is 1.44. The Morgan fingerprint density at radius 1 is 1.12 bits per heavy atom. The molecule has 1 fully saturated rings. The maximum atomic E-state index is 12.9. The predicted octanol–water partition coefficient (Wildman–Crippen LogP) is 4.24. The summed E-state index contributed by atoms with van der Waals surface area (Å²) >= 11 is 1.35. The lowest BCUT2D eigenvalue weighted by Crippen LogP contribution is -2.38. The van der Waals surface area contributed by atoms with Crippen LogP contribution in [-0.2, 0) is 11.3 Å². The number of aromatic nitrogens is 3. The zero-order valence-corrected chi connectivity index (χ0v) is 19.8. The molecular formula is C24H29N5O2S. The van der Waals surface area contributed by atoms with E-state index in [9.17, 15) is 9.59 Å². The summed E-state index contributed by atoms with van der Waals surface area (Å²) in [7, 11) is 0. The number of nitrogens with one attached hydrogen (secondary N) is 1. The van der Waals surface area contributed by atoms with Gasteiger partial charge in [0.2, 0.25) is 0 Å². The number of nitrogens with zero attached hydrogens (tertiary/aromatic N) is 4. The topological polar surface area (TPSA) is 80.1 Å². The van der Waals surface area contributed by atoms with E-state index in [0.29, 0.717) is 33.9 Å². The van der Waals surface area contributed by atoms with Gasteiger partial charge in [-0.15, -0.1) is 11.3 Å². The number of benzene rings is 1. The quantitative estimate of drug-likeness (QED) is 0.448. The van der Waals surface area contributed by atoms with Crippen LogP contribution in [-0.4, -0.2) is 44.4 Å². The lowest BCUT2D eigenvalue weighted by atomic mass is 9.92. The van der Waals surface area contributed by atoms with E-state index in [1.807, 2.05) is 35.7 Å². The van der Waals surface area contributed by atoms with Crippen molar-refractivity contribution in [2.75, 3.05) is 18.4 Å². The zero-order valence-electron chi connectivity index (χ0n) is 19.0. The number of ketones is 1. The van der Waals surface area contributed by atoms with Crippen molar-refractivity contribution in [1.82, 2.24) is 19.7 Å². The highest BCUT2D eigenvalue weighted by molar-refractivity contribution is 7.14. The van der Waals surface area contributed by atoms with Crippen molar-refractivity contribution in [3.8, 4) is 5.69 Å². The number of anilines is 1. The molecule has 2 unspecified atom stereocenters. The van der Waals surface area contributed by atoms with Crippen LogP contribution in [0.4, 0.5) is 5.13 Å². The number of carbonyl (C=O) groups excluding carboxylic acids is 2. The fourth-order valence-electron chi connectivity index (χ4n) is 4.65. The van der Waals surface area contributed by atoms with Gasteiger partial charge < -0.3 is 0 Å². The molecule has 3 heterocycles. The molecule has 3 aromatic rings. The van der Waals surface area contributed by atoms with Gasteiger partial charge in [0.15, 0.2) is 5.13 Å². The van der Waals surface area contributed by atoms with E-state index in [0.717, 1.165) is 31.0 Å². The lowest BCUT2D eigenvalue weighted by molar-refractivity contribution is -0.112. The first-order valence-electron chi connectivity index (χ1n) is 11.0. The van der Waals surface area contributed by atoms with Crippen molar-refractivity contribution in [1.29, 1.82) is 0 Å². The minimum absolute atomic E-state index is 0.333. The van der Waals surface area contributed by atoms with E-state index >= 15 is 0 Å². The number of para-hydroxylation sites is 1. The first-order chi connectivity index (χ1) is 15.3. The first-order valence-corrected chi connectivity index (χ1v) is 11.8. The van der Waals surface area contributed by atoms with E-state index in [1.165, 1.54) is 17.8 Å². The summed E-state index contributed by atoms with van der Waals surface area (Å²) in [5, 5.41) is 9.55. The molecule has 1 aliphatic rings. The Kier molecular flexibility index (Phi) is 6.53. The van der Waals surface area contributed by atoms with Crippen molar-refractivity contribution in [3.05, 3.63) is 58.4 Å². The van der Waals surface area contributed by atoms with Crippen molar-refractivity contribution < 1.29 is 9.59 Å². The third kappa shape index (κ3) is 4.81. The highest BCUT2D eigenvalue weighted by Crippen LogP contribution is 2.24. The molecule has 2 atom stereocenters. The van der Waals surface area contributed by atoms with Crippen molar-refractivity contribution >= 4 is 28.2 Å². The van der Waals surface area contributed by atoms with Crippen LogP contribution in [0.5, 0.6) is 0 Å². The average molecular weight is 452 g/mol. The number of rotatable bonds is 6. The van der Waals surface area contributed by atoms with Crippen LogP contribution in [0.3, 0.4) is 0 Å². The summed E-state index contributed by atoms with van der Waals surface area (Å²) in [4.78, 5) is 32.6. The number of likely N-dealkylation sites (tertiary alicyclic amines) is 1. The van der Waals surface area contributed by atoms with E-state index in [4.69, 9.17) is 0 Å². The number of amides is 1. The van der Waals surface area contributed by atoms with Crippen LogP contribution in [0.2, 0.25) is 0 Å². The van der Waals surface area contributed by atoms with Gasteiger partial charge in [0.1, 0.15) is 0 Å². The predicted molar refractivity (Wildman–Crippen MR) is 126 cm³/mol. The van der Waals surface area contributed by atoms with Crippen molar-refractivity contribution in [2.45, 2.75) is 40.7 Å². The summed E-state index contributed by atoms with van der Waals surface area (Å²) in [5.74, 6) is 0.0671. The molecule has 1 aliphatic heterocycles. The number of thiazole rings is 1. The third-order valence-corrected chi connectivity index (χ3v) is 6.63. The Bertz CT molecular complexity index is 1110. The van der Waals surface area contributed by atoms with Crippen LogP contribution in [0.15, 0.2) is 35.7 Å². The smallest absolute Gasteiger partial charge is 0.297 e. The highest BCUT2D eigenvalue weighted by atomic mass is 32.1. The molecule has 1 aromatic carbocycles. The molecule has 0 spiro atoms. The summed E-state index contributed by atoms with van der Waals surface area (Å²) in [6, 6.07) is 9.56. The minimum atomic E-state index is -0.690. The Hall–Kier alpha value is -2.84. The van der Waals surface area contributed by atoms with Gasteiger partial charge in [-0.1, -0.05) is 32.0 Å². The first kappa shape index (κ1) is 22.4. The van der Waals surface area contributed by atoms with Gasteiger partial charge in [0, 0.05) is 25.0 Å². The van der Waals surface area contributed by atoms with Gasteiger partial charge in [0.25, 0.3) is 11.7 Å². The van der Waals surface area contributed by atoms with E-state index in [1.54, 1.807) is 18.5 Å². The molecule has 1 amide bonds. The standard InChI is InChI=1S/C24H29N5O2S/c1-15-10-16(2)12-28(11-15)13-19-14-32-24(25-19)26-23(31)22(30)21-17(3)27-29(18(21)4)20-8-6-5-7-9-20/h5-9,14-16H,10-13H2,1-4H3,(H,25,26,31). The van der Waals surface area contributed by atoms with Crippen LogP contribution < -0.4 is 5.32 Å². The Morgan fingerprint density at radius 2 is 1.81 bits per heavy atom. The molecule has 0 radical (unpaired) electrons. The van der Waals surface area contributed by atoms with Gasteiger partial charge in [-0.2, -0.15) is 5.10 Å². The monoisotopic (exact) mass is 451 g/mol. The number of piperidine rings is 1. The summed E-state index contributed by atoms with van der Waals surface area (Å²) in [5.41, 5.74) is 3.27. The Morgan fingerprint density at radius 3 is 2.50 bits per heavy atom. The Labute approximate surface area is 192 Å². The van der Waals surface area contributed by atoms with Gasteiger partial charge in [-0.3, -0.25) is 19.8 Å². The average Bonchev–Trinajstić information content (AvgIpc) is 3.30. The molecular weight excluding hydrogens is 422 g/mol. The number of hydrogen-bond acceptors (Lipinski definition) is 6. The van der Waals surface area contributed by atoms with E-state index in [2.05, 4.69) is 34.1 Å². The molecule has 168 valence electrons. The summed E-state index contributed by atoms with van der Waals surface area (Å²) < 4.78 is 1.69. The molecule has 1 N–H and O–H groups in total.